The molecule has 0 aromatic rings. The normalized spacial score (nSPS) is 39.2. The Labute approximate surface area is 111 Å². The van der Waals surface area contributed by atoms with Crippen LogP contribution >= 0.6 is 0 Å². The van der Waals surface area contributed by atoms with Crippen LogP contribution in [0.5, 0.6) is 0 Å². The van der Waals surface area contributed by atoms with Crippen LogP contribution < -0.4 is 0 Å². The Morgan fingerprint density at radius 2 is 1.50 bits per heavy atom. The monoisotopic (exact) mass is 288 g/mol. The second-order valence-electron chi connectivity index (χ2n) is 5.07. The molecule has 1 aliphatic heterocycles. The van der Waals surface area contributed by atoms with Gasteiger partial charge in [-0.15, -0.1) is 0 Å². The van der Waals surface area contributed by atoms with E-state index in [1.54, 1.807) is 0 Å². The summed E-state index contributed by atoms with van der Waals surface area (Å²) in [6.45, 7) is 0. The second-order valence-corrected chi connectivity index (χ2v) is 5.07. The highest BCUT2D eigenvalue weighted by molar-refractivity contribution is 5.89. The minimum absolute atomic E-state index is 0.319. The molecule has 0 aromatic carbocycles. The molecular weight excluding hydrogens is 276 g/mol. The van der Waals surface area contributed by atoms with Crippen molar-refractivity contribution in [3.8, 4) is 0 Å². The van der Waals surface area contributed by atoms with E-state index < -0.39 is 59.8 Å². The van der Waals surface area contributed by atoms with Gasteiger partial charge in [0.1, 0.15) is 5.41 Å². The van der Waals surface area contributed by atoms with Gasteiger partial charge in [0.2, 0.25) is 0 Å². The van der Waals surface area contributed by atoms with Gasteiger partial charge in [-0.3, -0.25) is 14.4 Å². The average molecular weight is 288 g/mol. The molecule has 2 aliphatic rings. The van der Waals surface area contributed by atoms with Gasteiger partial charge in [0.25, 0.3) is 0 Å². The number of hydrogen-bond acceptors (Lipinski definition) is 5. The Bertz CT molecular complexity index is 486. The molecular formula is C11H12O9. The lowest BCUT2D eigenvalue weighted by molar-refractivity contribution is -0.167. The largest absolute Gasteiger partial charge is 0.481 e. The number of carbonyl (C=O) groups is 4. The Balaban J connectivity index is 2.49. The summed E-state index contributed by atoms with van der Waals surface area (Å²) in [5, 5.41) is 36.5. The first-order valence-corrected chi connectivity index (χ1v) is 5.78. The number of ether oxygens (including phenoxy) is 1. The van der Waals surface area contributed by atoms with Crippen molar-refractivity contribution in [1.29, 1.82) is 0 Å². The molecule has 20 heavy (non-hydrogen) atoms. The fraction of sp³-hybridized carbons (Fsp3) is 0.636. The third-order valence-corrected chi connectivity index (χ3v) is 4.05. The zero-order chi connectivity index (χ0) is 15.2. The Hall–Kier alpha value is -2.16. The Morgan fingerprint density at radius 1 is 0.900 bits per heavy atom. The van der Waals surface area contributed by atoms with Crippen LogP contribution in [0, 0.1) is 17.3 Å². The summed E-state index contributed by atoms with van der Waals surface area (Å²) in [6, 6.07) is 0. The van der Waals surface area contributed by atoms with Gasteiger partial charge in [0, 0.05) is 0 Å². The molecule has 5 unspecified atom stereocenters. The van der Waals surface area contributed by atoms with E-state index in [0.717, 1.165) is 0 Å². The predicted molar refractivity (Wildman–Crippen MR) is 57.9 cm³/mol. The summed E-state index contributed by atoms with van der Waals surface area (Å²) in [4.78, 5) is 44.9. The molecule has 0 aromatic heterocycles. The summed E-state index contributed by atoms with van der Waals surface area (Å²) in [7, 11) is 0. The third-order valence-electron chi connectivity index (χ3n) is 4.05. The number of rotatable bonds is 4. The van der Waals surface area contributed by atoms with Gasteiger partial charge >= 0.3 is 23.9 Å². The molecule has 5 atom stereocenters. The first kappa shape index (κ1) is 14.3. The number of carboxylic acid groups (broad SMARTS) is 4. The topological polar surface area (TPSA) is 158 Å². The summed E-state index contributed by atoms with van der Waals surface area (Å²) < 4.78 is 5.04. The average Bonchev–Trinajstić information content (AvgIpc) is 2.63. The first-order chi connectivity index (χ1) is 9.20. The predicted octanol–water partition coefficient (Wildman–Crippen LogP) is -0.895. The van der Waals surface area contributed by atoms with E-state index in [1.165, 1.54) is 0 Å². The number of fused-ring (bicyclic) bond motifs is 2. The minimum Gasteiger partial charge on any atom is -0.481 e. The quantitative estimate of drug-likeness (QED) is 0.514. The maximum absolute atomic E-state index is 11.4. The van der Waals surface area contributed by atoms with Crippen LogP contribution in [0.2, 0.25) is 0 Å². The lowest BCUT2D eigenvalue weighted by Crippen LogP contribution is -2.50. The van der Waals surface area contributed by atoms with E-state index in [9.17, 15) is 24.3 Å². The summed E-state index contributed by atoms with van der Waals surface area (Å²) >= 11 is 0. The zero-order valence-corrected chi connectivity index (χ0v) is 10.1. The smallest absolute Gasteiger partial charge is 0.334 e. The van der Waals surface area contributed by atoms with Gasteiger partial charge < -0.3 is 25.2 Å². The van der Waals surface area contributed by atoms with E-state index in [2.05, 4.69) is 0 Å². The van der Waals surface area contributed by atoms with Crippen molar-refractivity contribution in [2.75, 3.05) is 0 Å². The molecule has 0 spiro atoms. The molecule has 9 heteroatoms. The van der Waals surface area contributed by atoms with Crippen LogP contribution in [0.4, 0.5) is 0 Å². The van der Waals surface area contributed by atoms with Crippen LogP contribution in [0.25, 0.3) is 0 Å². The van der Waals surface area contributed by atoms with E-state index >= 15 is 0 Å². The molecule has 0 amide bonds. The molecule has 2 bridgehead atoms. The van der Waals surface area contributed by atoms with Crippen molar-refractivity contribution < 1.29 is 44.3 Å². The highest BCUT2D eigenvalue weighted by Crippen LogP contribution is 2.53. The van der Waals surface area contributed by atoms with Gasteiger partial charge in [-0.25, -0.2) is 4.79 Å². The first-order valence-electron chi connectivity index (χ1n) is 5.78. The summed E-state index contributed by atoms with van der Waals surface area (Å²) in [6.07, 6.45) is -3.88. The van der Waals surface area contributed by atoms with Crippen LogP contribution in [-0.4, -0.2) is 56.5 Å². The SMILES string of the molecule is O=C(O)C1CC2(C(=O)O)CC(OC2C(=O)O)C1C(=O)O. The Morgan fingerprint density at radius 3 is 1.90 bits per heavy atom. The minimum atomic E-state index is -1.90. The van der Waals surface area contributed by atoms with Crippen molar-refractivity contribution in [1.82, 2.24) is 0 Å². The zero-order valence-electron chi connectivity index (χ0n) is 10.1. The lowest BCUT2D eigenvalue weighted by Gasteiger charge is -2.35. The highest BCUT2D eigenvalue weighted by atomic mass is 16.5. The van der Waals surface area contributed by atoms with Crippen molar-refractivity contribution in [2.45, 2.75) is 25.0 Å². The maximum Gasteiger partial charge on any atom is 0.334 e. The molecule has 1 aliphatic carbocycles. The summed E-state index contributed by atoms with van der Waals surface area (Å²) in [5.41, 5.74) is -1.90. The molecule has 0 radical (unpaired) electrons. The van der Waals surface area contributed by atoms with Crippen molar-refractivity contribution in [3.63, 3.8) is 0 Å². The van der Waals surface area contributed by atoms with Crippen LogP contribution in [0.1, 0.15) is 12.8 Å². The molecule has 110 valence electrons. The van der Waals surface area contributed by atoms with Crippen molar-refractivity contribution >= 4 is 23.9 Å². The van der Waals surface area contributed by atoms with Gasteiger partial charge in [-0.05, 0) is 12.8 Å². The fourth-order valence-electron chi connectivity index (χ4n) is 3.15. The molecule has 2 rings (SSSR count). The Kier molecular flexibility index (Phi) is 3.17. The maximum atomic E-state index is 11.4. The summed E-state index contributed by atoms with van der Waals surface area (Å²) in [5.74, 6) is -8.88. The van der Waals surface area contributed by atoms with E-state index in [4.69, 9.17) is 20.1 Å². The van der Waals surface area contributed by atoms with Crippen LogP contribution in [-0.2, 0) is 23.9 Å². The van der Waals surface area contributed by atoms with E-state index in [0.29, 0.717) is 0 Å². The molecule has 1 heterocycles. The molecule has 1 saturated carbocycles. The van der Waals surface area contributed by atoms with Crippen LogP contribution in [0.3, 0.4) is 0 Å². The number of carboxylic acids is 4. The van der Waals surface area contributed by atoms with Gasteiger partial charge in [-0.1, -0.05) is 0 Å². The molecule has 1 saturated heterocycles. The fourth-order valence-corrected chi connectivity index (χ4v) is 3.15. The van der Waals surface area contributed by atoms with Gasteiger partial charge in [0.05, 0.1) is 17.9 Å². The van der Waals surface area contributed by atoms with Crippen molar-refractivity contribution in [2.24, 2.45) is 17.3 Å². The van der Waals surface area contributed by atoms with Crippen molar-refractivity contribution in [3.05, 3.63) is 0 Å². The number of hydrogen-bond donors (Lipinski definition) is 4. The molecule has 4 N–H and O–H groups in total. The molecule has 2 fully saturated rings. The second kappa shape index (κ2) is 4.44. The van der Waals surface area contributed by atoms with Gasteiger partial charge in [-0.2, -0.15) is 0 Å². The van der Waals surface area contributed by atoms with E-state index in [-0.39, 0.29) is 6.42 Å². The lowest BCUT2D eigenvalue weighted by atomic mass is 9.63. The molecule has 9 nitrogen and oxygen atoms in total. The highest BCUT2D eigenvalue weighted by Gasteiger charge is 2.66. The standard InChI is InChI=1S/C11H12O9/c12-7(13)3-1-11(10(18)19)2-4(5(3)8(14)15)20-6(11)9(16)17/h3-6H,1-2H2,(H,12,13)(H,14,15)(H,16,17)(H,18,19). The van der Waals surface area contributed by atoms with Gasteiger partial charge in [0.15, 0.2) is 6.10 Å². The number of aliphatic carboxylic acids is 4. The van der Waals surface area contributed by atoms with Crippen LogP contribution in [0.15, 0.2) is 0 Å². The third kappa shape index (κ3) is 1.82. The van der Waals surface area contributed by atoms with E-state index in [1.807, 2.05) is 0 Å².